The predicted octanol–water partition coefficient (Wildman–Crippen LogP) is 4.28. The molecule has 2 aromatic carbocycles. The van der Waals surface area contributed by atoms with Crippen LogP contribution in [0.1, 0.15) is 26.3 Å². The van der Waals surface area contributed by atoms with Crippen LogP contribution in [-0.4, -0.2) is 0 Å². The molecule has 0 aliphatic carbocycles. The molecule has 15 heavy (non-hydrogen) atoms. The first-order valence-corrected chi connectivity index (χ1v) is 5.18. The van der Waals surface area contributed by atoms with E-state index in [2.05, 4.69) is 20.8 Å². The van der Waals surface area contributed by atoms with Gasteiger partial charge in [0.25, 0.3) is 0 Å². The second-order valence-corrected chi connectivity index (χ2v) is 4.89. The van der Waals surface area contributed by atoms with E-state index in [4.69, 9.17) is 0 Å². The fraction of sp³-hybridized carbons (Fsp3) is 0.286. The average molecular weight is 202 g/mol. The van der Waals surface area contributed by atoms with Crippen LogP contribution in [-0.2, 0) is 5.41 Å². The third-order valence-electron chi connectivity index (χ3n) is 2.68. The lowest BCUT2D eigenvalue weighted by molar-refractivity contribution is 0.591. The Morgan fingerprint density at radius 2 is 1.47 bits per heavy atom. The highest BCUT2D eigenvalue weighted by Gasteiger charge is 2.17. The Kier molecular flexibility index (Phi) is 2.26. The minimum atomic E-state index is -0.140. The van der Waals surface area contributed by atoms with Crippen LogP contribution in [0.3, 0.4) is 0 Å². The van der Waals surface area contributed by atoms with Crippen molar-refractivity contribution in [3.63, 3.8) is 0 Å². The summed E-state index contributed by atoms with van der Waals surface area (Å²) in [7, 11) is 0. The molecule has 0 N–H and O–H groups in total. The summed E-state index contributed by atoms with van der Waals surface area (Å²) in [6.07, 6.45) is 0. The van der Waals surface area contributed by atoms with Crippen LogP contribution in [0.25, 0.3) is 10.8 Å². The normalized spacial score (nSPS) is 12.0. The summed E-state index contributed by atoms with van der Waals surface area (Å²) in [6.45, 7) is 6.44. The molecular formula is C14H15F. The van der Waals surface area contributed by atoms with Crippen LogP contribution < -0.4 is 0 Å². The van der Waals surface area contributed by atoms with Crippen LogP contribution in [0.15, 0.2) is 36.4 Å². The zero-order valence-electron chi connectivity index (χ0n) is 9.34. The molecule has 0 aromatic heterocycles. The molecule has 2 rings (SSSR count). The lowest BCUT2D eigenvalue weighted by Gasteiger charge is -2.21. The van der Waals surface area contributed by atoms with Crippen LogP contribution >= 0.6 is 0 Å². The van der Waals surface area contributed by atoms with E-state index >= 15 is 0 Å². The van der Waals surface area contributed by atoms with Crippen LogP contribution in [0.2, 0.25) is 0 Å². The molecule has 0 bridgehead atoms. The third-order valence-corrected chi connectivity index (χ3v) is 2.68. The van der Waals surface area contributed by atoms with Gasteiger partial charge in [-0.2, -0.15) is 0 Å². The molecule has 0 atom stereocenters. The molecule has 0 radical (unpaired) electrons. The van der Waals surface area contributed by atoms with Crippen molar-refractivity contribution in [1.82, 2.24) is 0 Å². The Morgan fingerprint density at radius 1 is 0.867 bits per heavy atom. The Hall–Kier alpha value is -1.37. The molecular weight excluding hydrogens is 187 g/mol. The zero-order chi connectivity index (χ0) is 11.1. The number of hydrogen-bond acceptors (Lipinski definition) is 0. The maximum absolute atomic E-state index is 13.6. The summed E-state index contributed by atoms with van der Waals surface area (Å²) >= 11 is 0. The molecule has 0 heterocycles. The van der Waals surface area contributed by atoms with Gasteiger partial charge in [0.15, 0.2) is 0 Å². The number of rotatable bonds is 0. The van der Waals surface area contributed by atoms with Gasteiger partial charge in [0.2, 0.25) is 0 Å². The topological polar surface area (TPSA) is 0 Å². The smallest absolute Gasteiger partial charge is 0.131 e. The molecule has 0 aliphatic heterocycles. The summed E-state index contributed by atoms with van der Waals surface area (Å²) in [5, 5.41) is 1.73. The van der Waals surface area contributed by atoms with Crippen LogP contribution in [0.5, 0.6) is 0 Å². The van der Waals surface area contributed by atoms with Crippen molar-refractivity contribution in [1.29, 1.82) is 0 Å². The lowest BCUT2D eigenvalue weighted by Crippen LogP contribution is -2.11. The number of halogens is 1. The molecule has 0 aliphatic rings. The molecule has 0 fully saturated rings. The fourth-order valence-electron chi connectivity index (χ4n) is 1.92. The summed E-state index contributed by atoms with van der Waals surface area (Å²) in [6, 6.07) is 11.1. The van der Waals surface area contributed by atoms with Gasteiger partial charge < -0.3 is 0 Å². The van der Waals surface area contributed by atoms with E-state index in [0.717, 1.165) is 5.39 Å². The van der Waals surface area contributed by atoms with Gasteiger partial charge in [0.1, 0.15) is 5.82 Å². The minimum Gasteiger partial charge on any atom is -0.206 e. The second-order valence-electron chi connectivity index (χ2n) is 4.89. The van der Waals surface area contributed by atoms with Crippen LogP contribution in [0.4, 0.5) is 4.39 Å². The first kappa shape index (κ1) is 10.2. The summed E-state index contributed by atoms with van der Waals surface area (Å²) in [5.41, 5.74) is 1.24. The van der Waals surface area contributed by atoms with E-state index in [-0.39, 0.29) is 11.2 Å². The van der Waals surface area contributed by atoms with Gasteiger partial charge in [-0.25, -0.2) is 4.39 Å². The maximum Gasteiger partial charge on any atom is 0.131 e. The number of benzene rings is 2. The Morgan fingerprint density at radius 3 is 2.07 bits per heavy atom. The highest BCUT2D eigenvalue weighted by Crippen LogP contribution is 2.30. The minimum absolute atomic E-state index is 0.0489. The zero-order valence-corrected chi connectivity index (χ0v) is 9.34. The van der Waals surface area contributed by atoms with Crippen LogP contribution in [0, 0.1) is 5.82 Å². The van der Waals surface area contributed by atoms with Crippen molar-refractivity contribution in [3.05, 3.63) is 47.8 Å². The molecule has 0 amide bonds. The van der Waals surface area contributed by atoms with Gasteiger partial charge in [0, 0.05) is 5.39 Å². The quantitative estimate of drug-likeness (QED) is 0.598. The van der Waals surface area contributed by atoms with E-state index in [0.29, 0.717) is 5.39 Å². The van der Waals surface area contributed by atoms with Crippen molar-refractivity contribution in [2.45, 2.75) is 26.2 Å². The van der Waals surface area contributed by atoms with Gasteiger partial charge in [-0.1, -0.05) is 51.1 Å². The van der Waals surface area contributed by atoms with Crippen molar-refractivity contribution in [3.8, 4) is 0 Å². The number of fused-ring (bicyclic) bond motifs is 1. The van der Waals surface area contributed by atoms with Gasteiger partial charge in [-0.3, -0.25) is 0 Å². The summed E-state index contributed by atoms with van der Waals surface area (Å²) in [5.74, 6) is -0.140. The van der Waals surface area contributed by atoms with Gasteiger partial charge in [-0.05, 0) is 22.4 Å². The first-order chi connectivity index (χ1) is 7.00. The van der Waals surface area contributed by atoms with Crippen molar-refractivity contribution in [2.24, 2.45) is 0 Å². The fourth-order valence-corrected chi connectivity index (χ4v) is 1.92. The molecule has 2 aromatic rings. The van der Waals surface area contributed by atoms with E-state index in [1.807, 2.05) is 30.3 Å². The Bertz CT molecular complexity index is 492. The highest BCUT2D eigenvalue weighted by atomic mass is 19.1. The maximum atomic E-state index is 13.6. The van der Waals surface area contributed by atoms with E-state index in [1.165, 1.54) is 5.56 Å². The van der Waals surface area contributed by atoms with Crippen molar-refractivity contribution in [2.75, 3.05) is 0 Å². The summed E-state index contributed by atoms with van der Waals surface area (Å²) < 4.78 is 13.6. The van der Waals surface area contributed by atoms with Crippen molar-refractivity contribution >= 4 is 10.8 Å². The first-order valence-electron chi connectivity index (χ1n) is 5.18. The van der Waals surface area contributed by atoms with E-state index < -0.39 is 0 Å². The second kappa shape index (κ2) is 3.34. The third kappa shape index (κ3) is 1.74. The SMILES string of the molecule is CC(C)(C)c1ccc(F)c2ccccc12. The molecule has 0 unspecified atom stereocenters. The molecule has 78 valence electrons. The largest absolute Gasteiger partial charge is 0.206 e. The average Bonchev–Trinajstić information content (AvgIpc) is 2.17. The molecule has 0 saturated heterocycles. The molecule has 0 saturated carbocycles. The molecule has 0 nitrogen and oxygen atoms in total. The lowest BCUT2D eigenvalue weighted by atomic mass is 9.83. The van der Waals surface area contributed by atoms with Gasteiger partial charge >= 0.3 is 0 Å². The van der Waals surface area contributed by atoms with Gasteiger partial charge in [-0.15, -0.1) is 0 Å². The monoisotopic (exact) mass is 202 g/mol. The highest BCUT2D eigenvalue weighted by molar-refractivity contribution is 5.87. The standard InChI is InChI=1S/C14H15F/c1-14(2,3)12-8-9-13(15)11-7-5-4-6-10(11)12/h4-9H,1-3H3. The Labute approximate surface area is 89.7 Å². The van der Waals surface area contributed by atoms with Gasteiger partial charge in [0.05, 0.1) is 0 Å². The summed E-state index contributed by atoms with van der Waals surface area (Å²) in [4.78, 5) is 0. The molecule has 0 spiro atoms. The van der Waals surface area contributed by atoms with E-state index in [9.17, 15) is 4.39 Å². The predicted molar refractivity (Wildman–Crippen MR) is 62.6 cm³/mol. The Balaban J connectivity index is 2.84. The molecule has 1 heteroatoms. The van der Waals surface area contributed by atoms with Crippen molar-refractivity contribution < 1.29 is 4.39 Å². The van der Waals surface area contributed by atoms with E-state index in [1.54, 1.807) is 6.07 Å². The number of hydrogen-bond donors (Lipinski definition) is 0.